The SMILES string of the molecule is Cc1[nH]c2cc3c(cc2c1CCC#N)OCCO3. The van der Waals surface area contributed by atoms with Gasteiger partial charge in [-0.2, -0.15) is 5.26 Å². The maximum atomic E-state index is 8.72. The van der Waals surface area contributed by atoms with Gasteiger partial charge in [-0.05, 0) is 25.0 Å². The highest BCUT2D eigenvalue weighted by atomic mass is 16.6. The van der Waals surface area contributed by atoms with E-state index in [2.05, 4.69) is 11.1 Å². The normalized spacial score (nSPS) is 13.6. The molecule has 0 radical (unpaired) electrons. The zero-order chi connectivity index (χ0) is 12.5. The first kappa shape index (κ1) is 11.0. The summed E-state index contributed by atoms with van der Waals surface area (Å²) in [6.45, 7) is 3.22. The van der Waals surface area contributed by atoms with Gasteiger partial charge in [0.2, 0.25) is 0 Å². The second kappa shape index (κ2) is 4.26. The molecule has 18 heavy (non-hydrogen) atoms. The molecule has 1 aliphatic heterocycles. The maximum Gasteiger partial charge on any atom is 0.163 e. The number of aromatic amines is 1. The van der Waals surface area contributed by atoms with Gasteiger partial charge in [-0.15, -0.1) is 0 Å². The first-order valence-corrected chi connectivity index (χ1v) is 6.07. The molecule has 0 fully saturated rings. The molecular weight excluding hydrogens is 228 g/mol. The van der Waals surface area contributed by atoms with Crippen LogP contribution in [0.15, 0.2) is 12.1 Å². The molecule has 1 aromatic carbocycles. The standard InChI is InChI=1S/C14H14N2O2/c1-9-10(3-2-4-15)11-7-13-14(8-12(11)16-9)18-6-5-17-13/h7-8,16H,2-3,5-6H2,1H3. The highest BCUT2D eigenvalue weighted by Crippen LogP contribution is 2.36. The molecule has 0 amide bonds. The summed E-state index contributed by atoms with van der Waals surface area (Å²) < 4.78 is 11.2. The van der Waals surface area contributed by atoms with Crippen molar-refractivity contribution >= 4 is 10.9 Å². The number of benzene rings is 1. The van der Waals surface area contributed by atoms with Gasteiger partial charge < -0.3 is 14.5 Å². The van der Waals surface area contributed by atoms with E-state index in [-0.39, 0.29) is 0 Å². The van der Waals surface area contributed by atoms with E-state index < -0.39 is 0 Å². The first-order valence-electron chi connectivity index (χ1n) is 6.07. The van der Waals surface area contributed by atoms with Gasteiger partial charge in [-0.1, -0.05) is 0 Å². The van der Waals surface area contributed by atoms with E-state index in [1.807, 2.05) is 19.1 Å². The molecule has 0 unspecified atom stereocenters. The third-order valence-corrected chi connectivity index (χ3v) is 3.27. The number of hydrogen-bond acceptors (Lipinski definition) is 3. The number of fused-ring (bicyclic) bond motifs is 2. The molecule has 0 bridgehead atoms. The third kappa shape index (κ3) is 1.68. The molecule has 1 aliphatic rings. The topological polar surface area (TPSA) is 58.0 Å². The van der Waals surface area contributed by atoms with Crippen LogP contribution < -0.4 is 9.47 Å². The predicted octanol–water partition coefficient (Wildman–Crippen LogP) is 2.70. The number of hydrogen-bond donors (Lipinski definition) is 1. The zero-order valence-corrected chi connectivity index (χ0v) is 10.2. The van der Waals surface area contributed by atoms with Crippen molar-refractivity contribution in [3.05, 3.63) is 23.4 Å². The van der Waals surface area contributed by atoms with E-state index in [1.165, 1.54) is 5.56 Å². The molecule has 0 atom stereocenters. The highest BCUT2D eigenvalue weighted by molar-refractivity contribution is 5.88. The van der Waals surface area contributed by atoms with Crippen LogP contribution in [0.25, 0.3) is 10.9 Å². The van der Waals surface area contributed by atoms with Crippen molar-refractivity contribution in [1.82, 2.24) is 4.98 Å². The van der Waals surface area contributed by atoms with Crippen LogP contribution >= 0.6 is 0 Å². The van der Waals surface area contributed by atoms with Crippen LogP contribution in [-0.2, 0) is 6.42 Å². The van der Waals surface area contributed by atoms with Crippen molar-refractivity contribution in [2.24, 2.45) is 0 Å². The molecule has 92 valence electrons. The van der Waals surface area contributed by atoms with Crippen molar-refractivity contribution in [1.29, 1.82) is 5.26 Å². The quantitative estimate of drug-likeness (QED) is 0.880. The summed E-state index contributed by atoms with van der Waals surface area (Å²) in [5.74, 6) is 1.59. The van der Waals surface area contributed by atoms with E-state index in [0.717, 1.165) is 34.5 Å². The molecule has 1 aromatic heterocycles. The second-order valence-electron chi connectivity index (χ2n) is 4.43. The molecule has 2 heterocycles. The minimum absolute atomic E-state index is 0.530. The smallest absolute Gasteiger partial charge is 0.163 e. The highest BCUT2D eigenvalue weighted by Gasteiger charge is 2.16. The lowest BCUT2D eigenvalue weighted by Crippen LogP contribution is -2.15. The molecule has 1 N–H and O–H groups in total. The molecule has 0 aliphatic carbocycles. The number of nitrogens with one attached hydrogen (secondary N) is 1. The van der Waals surface area contributed by atoms with Crippen LogP contribution in [-0.4, -0.2) is 18.2 Å². The summed E-state index contributed by atoms with van der Waals surface area (Å²) in [5.41, 5.74) is 3.36. The Morgan fingerprint density at radius 2 is 2.00 bits per heavy atom. The summed E-state index contributed by atoms with van der Waals surface area (Å²) in [7, 11) is 0. The van der Waals surface area contributed by atoms with Crippen LogP contribution in [0.5, 0.6) is 11.5 Å². The Bertz CT molecular complexity index is 637. The zero-order valence-electron chi connectivity index (χ0n) is 10.2. The number of aromatic nitrogens is 1. The maximum absolute atomic E-state index is 8.72. The minimum atomic E-state index is 0.530. The Morgan fingerprint density at radius 3 is 2.72 bits per heavy atom. The summed E-state index contributed by atoms with van der Waals surface area (Å²) in [4.78, 5) is 3.34. The number of nitriles is 1. The number of H-pyrrole nitrogens is 1. The fourth-order valence-electron chi connectivity index (χ4n) is 2.42. The summed E-state index contributed by atoms with van der Waals surface area (Å²) >= 11 is 0. The van der Waals surface area contributed by atoms with Crippen molar-refractivity contribution < 1.29 is 9.47 Å². The molecule has 4 nitrogen and oxygen atoms in total. The van der Waals surface area contributed by atoms with Crippen molar-refractivity contribution in [2.45, 2.75) is 19.8 Å². The van der Waals surface area contributed by atoms with E-state index in [0.29, 0.717) is 19.6 Å². The second-order valence-corrected chi connectivity index (χ2v) is 4.43. The number of ether oxygens (including phenoxy) is 2. The Morgan fingerprint density at radius 1 is 1.28 bits per heavy atom. The van der Waals surface area contributed by atoms with Crippen LogP contribution in [0.2, 0.25) is 0 Å². The van der Waals surface area contributed by atoms with Gasteiger partial charge in [0.05, 0.1) is 6.07 Å². The molecule has 2 aromatic rings. The van der Waals surface area contributed by atoms with Gasteiger partial charge in [0.1, 0.15) is 13.2 Å². The number of aryl methyl sites for hydroxylation is 2. The van der Waals surface area contributed by atoms with E-state index >= 15 is 0 Å². The molecule has 4 heteroatoms. The lowest BCUT2D eigenvalue weighted by molar-refractivity contribution is 0.172. The van der Waals surface area contributed by atoms with Crippen LogP contribution in [0, 0.1) is 18.3 Å². The Labute approximate surface area is 105 Å². The fraction of sp³-hybridized carbons (Fsp3) is 0.357. The van der Waals surface area contributed by atoms with Crippen molar-refractivity contribution in [2.75, 3.05) is 13.2 Å². The monoisotopic (exact) mass is 242 g/mol. The predicted molar refractivity (Wildman–Crippen MR) is 68.0 cm³/mol. The molecule has 0 spiro atoms. The van der Waals surface area contributed by atoms with Crippen molar-refractivity contribution in [3.8, 4) is 17.6 Å². The summed E-state index contributed by atoms with van der Waals surface area (Å²) in [6, 6.07) is 6.18. The van der Waals surface area contributed by atoms with E-state index in [4.69, 9.17) is 14.7 Å². The lowest BCUT2D eigenvalue weighted by atomic mass is 10.1. The largest absolute Gasteiger partial charge is 0.486 e. The van der Waals surface area contributed by atoms with Crippen molar-refractivity contribution in [3.63, 3.8) is 0 Å². The summed E-state index contributed by atoms with van der Waals surface area (Å²) in [5, 5.41) is 9.85. The Balaban J connectivity index is 2.13. The first-order chi connectivity index (χ1) is 8.79. The van der Waals surface area contributed by atoms with Crippen LogP contribution in [0.1, 0.15) is 17.7 Å². The van der Waals surface area contributed by atoms with Crippen LogP contribution in [0.3, 0.4) is 0 Å². The number of nitrogens with zero attached hydrogens (tertiary/aromatic N) is 1. The van der Waals surface area contributed by atoms with Gasteiger partial charge >= 0.3 is 0 Å². The molecular formula is C14H14N2O2. The van der Waals surface area contributed by atoms with E-state index in [9.17, 15) is 0 Å². The molecule has 0 saturated carbocycles. The van der Waals surface area contributed by atoms with Gasteiger partial charge in [0, 0.05) is 29.1 Å². The lowest BCUT2D eigenvalue weighted by Gasteiger charge is -2.18. The van der Waals surface area contributed by atoms with Gasteiger partial charge in [-0.25, -0.2) is 0 Å². The summed E-state index contributed by atoms with van der Waals surface area (Å²) in [6.07, 6.45) is 1.30. The van der Waals surface area contributed by atoms with Gasteiger partial charge in [-0.3, -0.25) is 0 Å². The Kier molecular flexibility index (Phi) is 2.60. The van der Waals surface area contributed by atoms with Gasteiger partial charge in [0.15, 0.2) is 11.5 Å². The average Bonchev–Trinajstić information content (AvgIpc) is 2.68. The Hall–Kier alpha value is -2.15. The van der Waals surface area contributed by atoms with E-state index in [1.54, 1.807) is 0 Å². The third-order valence-electron chi connectivity index (χ3n) is 3.27. The minimum Gasteiger partial charge on any atom is -0.486 e. The number of rotatable bonds is 2. The van der Waals surface area contributed by atoms with Crippen LogP contribution in [0.4, 0.5) is 0 Å². The molecule has 0 saturated heterocycles. The molecule has 3 rings (SSSR count). The van der Waals surface area contributed by atoms with Gasteiger partial charge in [0.25, 0.3) is 0 Å². The fourth-order valence-corrected chi connectivity index (χ4v) is 2.42. The average molecular weight is 242 g/mol.